The Morgan fingerprint density at radius 3 is 2.46 bits per heavy atom. The fraction of sp³-hybridized carbons (Fsp3) is 0.316. The average Bonchev–Trinajstić information content (AvgIpc) is 3.38. The molecular weight excluding hydrogens is 342 g/mol. The molecule has 0 radical (unpaired) electrons. The number of methoxy groups -OCH3 is 2. The van der Waals surface area contributed by atoms with E-state index in [0.717, 1.165) is 5.56 Å². The molecule has 0 aromatic heterocycles. The second-order valence-corrected chi connectivity index (χ2v) is 6.10. The second-order valence-electron chi connectivity index (χ2n) is 6.10. The molecule has 0 aliphatic heterocycles. The number of carbonyl (C=O) groups is 1. The SMILES string of the molecule is COc1ccc(CNC(=O)N[C@@H]2C[C@@H]2c2c(F)cccc2F)cc1OC. The number of hydrogen-bond acceptors (Lipinski definition) is 3. The van der Waals surface area contributed by atoms with Gasteiger partial charge in [0.1, 0.15) is 11.6 Å². The van der Waals surface area contributed by atoms with Crippen LogP contribution in [0.4, 0.5) is 13.6 Å². The maximum absolute atomic E-state index is 13.8. The number of amides is 2. The van der Waals surface area contributed by atoms with E-state index in [-0.39, 0.29) is 30.1 Å². The van der Waals surface area contributed by atoms with Gasteiger partial charge in [-0.05, 0) is 36.2 Å². The number of urea groups is 1. The number of rotatable bonds is 6. The zero-order chi connectivity index (χ0) is 18.7. The Morgan fingerprint density at radius 1 is 1.12 bits per heavy atom. The van der Waals surface area contributed by atoms with Crippen molar-refractivity contribution in [2.75, 3.05) is 14.2 Å². The zero-order valence-electron chi connectivity index (χ0n) is 14.5. The highest BCUT2D eigenvalue weighted by Gasteiger charge is 2.42. The molecule has 0 spiro atoms. The monoisotopic (exact) mass is 362 g/mol. The van der Waals surface area contributed by atoms with Crippen LogP contribution in [0.2, 0.25) is 0 Å². The summed E-state index contributed by atoms with van der Waals surface area (Å²) in [5, 5.41) is 5.47. The van der Waals surface area contributed by atoms with E-state index in [0.29, 0.717) is 17.9 Å². The lowest BCUT2D eigenvalue weighted by atomic mass is 10.1. The van der Waals surface area contributed by atoms with Crippen LogP contribution in [0, 0.1) is 11.6 Å². The summed E-state index contributed by atoms with van der Waals surface area (Å²) in [5.41, 5.74) is 0.878. The third kappa shape index (κ3) is 3.87. The molecule has 3 rings (SSSR count). The Hall–Kier alpha value is -2.83. The van der Waals surface area contributed by atoms with Gasteiger partial charge in [0.25, 0.3) is 0 Å². The Balaban J connectivity index is 1.53. The minimum atomic E-state index is -0.579. The lowest BCUT2D eigenvalue weighted by molar-refractivity contribution is 0.240. The Morgan fingerprint density at radius 2 is 1.81 bits per heavy atom. The van der Waals surface area contributed by atoms with E-state index in [1.165, 1.54) is 25.3 Å². The fourth-order valence-electron chi connectivity index (χ4n) is 2.93. The summed E-state index contributed by atoms with van der Waals surface area (Å²) in [6.07, 6.45) is 0.516. The molecule has 1 fully saturated rings. The van der Waals surface area contributed by atoms with E-state index >= 15 is 0 Å². The maximum atomic E-state index is 13.8. The van der Waals surface area contributed by atoms with Crippen LogP contribution in [0.5, 0.6) is 11.5 Å². The minimum absolute atomic E-state index is 0.0395. The standard InChI is InChI=1S/C19H20F2N2O3/c1-25-16-7-6-11(8-17(16)26-2)10-22-19(24)23-15-9-12(15)18-13(20)4-3-5-14(18)21/h3-8,12,15H,9-10H2,1-2H3,(H2,22,23,24)/t12-,15+/m0/s1. The molecule has 0 saturated heterocycles. The first kappa shape index (κ1) is 18.0. The van der Waals surface area contributed by atoms with Crippen molar-refractivity contribution in [3.05, 3.63) is 59.2 Å². The molecule has 2 aromatic rings. The molecule has 1 saturated carbocycles. The molecule has 26 heavy (non-hydrogen) atoms. The molecule has 5 nitrogen and oxygen atoms in total. The van der Waals surface area contributed by atoms with E-state index in [9.17, 15) is 13.6 Å². The van der Waals surface area contributed by atoms with Crippen molar-refractivity contribution in [3.63, 3.8) is 0 Å². The Bertz CT molecular complexity index is 793. The van der Waals surface area contributed by atoms with Crippen LogP contribution in [0.1, 0.15) is 23.5 Å². The molecule has 0 unspecified atom stereocenters. The number of ether oxygens (including phenoxy) is 2. The molecule has 0 bridgehead atoms. The van der Waals surface area contributed by atoms with Crippen LogP contribution in [0.15, 0.2) is 36.4 Å². The van der Waals surface area contributed by atoms with Crippen molar-refractivity contribution in [1.82, 2.24) is 10.6 Å². The third-order valence-electron chi connectivity index (χ3n) is 4.38. The third-order valence-corrected chi connectivity index (χ3v) is 4.38. The average molecular weight is 362 g/mol. The molecule has 2 aromatic carbocycles. The van der Waals surface area contributed by atoms with Gasteiger partial charge in [-0.2, -0.15) is 0 Å². The number of hydrogen-bond donors (Lipinski definition) is 2. The van der Waals surface area contributed by atoms with Crippen molar-refractivity contribution in [3.8, 4) is 11.5 Å². The minimum Gasteiger partial charge on any atom is -0.493 e. The molecule has 2 atom stereocenters. The van der Waals surface area contributed by atoms with E-state index in [1.54, 1.807) is 19.2 Å². The zero-order valence-corrected chi connectivity index (χ0v) is 14.5. The first-order valence-electron chi connectivity index (χ1n) is 8.22. The fourth-order valence-corrected chi connectivity index (χ4v) is 2.93. The lowest BCUT2D eigenvalue weighted by Crippen LogP contribution is -2.37. The molecule has 1 aliphatic rings. The van der Waals surface area contributed by atoms with Crippen molar-refractivity contribution in [2.24, 2.45) is 0 Å². The highest BCUT2D eigenvalue weighted by Crippen LogP contribution is 2.43. The quantitative estimate of drug-likeness (QED) is 0.829. The molecular formula is C19H20F2N2O3. The summed E-state index contributed by atoms with van der Waals surface area (Å²) in [7, 11) is 3.09. The Labute approximate surface area is 150 Å². The van der Waals surface area contributed by atoms with Gasteiger partial charge in [0.05, 0.1) is 14.2 Å². The van der Waals surface area contributed by atoms with Crippen LogP contribution in [0.25, 0.3) is 0 Å². The summed E-state index contributed by atoms with van der Waals surface area (Å²) in [6, 6.07) is 8.47. The predicted octanol–water partition coefficient (Wildman–Crippen LogP) is 3.34. The molecule has 138 valence electrons. The van der Waals surface area contributed by atoms with E-state index in [2.05, 4.69) is 10.6 Å². The molecule has 2 amide bonds. The van der Waals surface area contributed by atoms with Gasteiger partial charge in [-0.3, -0.25) is 0 Å². The second kappa shape index (κ2) is 7.59. The van der Waals surface area contributed by atoms with Crippen molar-refractivity contribution < 1.29 is 23.0 Å². The summed E-state index contributed by atoms with van der Waals surface area (Å²) in [5.74, 6) is -0.309. The van der Waals surface area contributed by atoms with Crippen LogP contribution in [0.3, 0.4) is 0 Å². The highest BCUT2D eigenvalue weighted by molar-refractivity contribution is 5.75. The molecule has 0 heterocycles. The Kier molecular flexibility index (Phi) is 5.25. The summed E-state index contributed by atoms with van der Waals surface area (Å²) < 4.78 is 37.9. The lowest BCUT2D eigenvalue weighted by Gasteiger charge is -2.11. The van der Waals surface area contributed by atoms with Gasteiger partial charge >= 0.3 is 6.03 Å². The summed E-state index contributed by atoms with van der Waals surface area (Å²) in [4.78, 5) is 12.0. The van der Waals surface area contributed by atoms with Crippen LogP contribution >= 0.6 is 0 Å². The molecule has 2 N–H and O–H groups in total. The van der Waals surface area contributed by atoms with Crippen molar-refractivity contribution in [2.45, 2.75) is 24.9 Å². The van der Waals surface area contributed by atoms with Crippen LogP contribution in [-0.4, -0.2) is 26.3 Å². The van der Waals surface area contributed by atoms with Gasteiger partial charge in [-0.25, -0.2) is 13.6 Å². The number of benzene rings is 2. The van der Waals surface area contributed by atoms with E-state index in [1.807, 2.05) is 6.07 Å². The first-order valence-corrected chi connectivity index (χ1v) is 8.22. The number of carbonyl (C=O) groups excluding carboxylic acids is 1. The highest BCUT2D eigenvalue weighted by atomic mass is 19.1. The van der Waals surface area contributed by atoms with Crippen molar-refractivity contribution in [1.29, 1.82) is 0 Å². The molecule has 7 heteroatoms. The van der Waals surface area contributed by atoms with Crippen LogP contribution in [-0.2, 0) is 6.54 Å². The maximum Gasteiger partial charge on any atom is 0.315 e. The van der Waals surface area contributed by atoms with Gasteiger partial charge in [0, 0.05) is 24.1 Å². The van der Waals surface area contributed by atoms with Gasteiger partial charge in [0.2, 0.25) is 0 Å². The smallest absolute Gasteiger partial charge is 0.315 e. The van der Waals surface area contributed by atoms with Crippen molar-refractivity contribution >= 4 is 6.03 Å². The number of halogens is 2. The van der Waals surface area contributed by atoms with Gasteiger partial charge in [-0.15, -0.1) is 0 Å². The molecule has 1 aliphatic carbocycles. The number of nitrogens with one attached hydrogen (secondary N) is 2. The van der Waals surface area contributed by atoms with E-state index < -0.39 is 11.6 Å². The van der Waals surface area contributed by atoms with E-state index in [4.69, 9.17) is 9.47 Å². The predicted molar refractivity (Wildman–Crippen MR) is 92.4 cm³/mol. The normalized spacial score (nSPS) is 18.2. The first-order chi connectivity index (χ1) is 12.5. The van der Waals surface area contributed by atoms with Gasteiger partial charge < -0.3 is 20.1 Å². The largest absolute Gasteiger partial charge is 0.493 e. The van der Waals surface area contributed by atoms with Gasteiger partial charge in [0.15, 0.2) is 11.5 Å². The summed E-state index contributed by atoms with van der Waals surface area (Å²) >= 11 is 0. The topological polar surface area (TPSA) is 59.6 Å². The van der Waals surface area contributed by atoms with Gasteiger partial charge in [-0.1, -0.05) is 12.1 Å². The van der Waals surface area contributed by atoms with Crippen LogP contribution < -0.4 is 20.1 Å². The summed E-state index contributed by atoms with van der Waals surface area (Å²) in [6.45, 7) is 0.289.